The van der Waals surface area contributed by atoms with Crippen LogP contribution in [0, 0.1) is 6.92 Å². The molecule has 0 fully saturated rings. The minimum atomic E-state index is -0.237. The molecule has 0 aliphatic heterocycles. The van der Waals surface area contributed by atoms with Gasteiger partial charge in [0.2, 0.25) is 0 Å². The Morgan fingerprint density at radius 1 is 1.45 bits per heavy atom. The number of carbonyl (C=O) groups is 1. The number of aryl methyl sites for hydroxylation is 1. The van der Waals surface area contributed by atoms with Crippen molar-refractivity contribution in [1.82, 2.24) is 15.5 Å². The molecule has 0 aliphatic carbocycles. The van der Waals surface area contributed by atoms with E-state index in [1.807, 2.05) is 19.1 Å². The molecule has 0 radical (unpaired) electrons. The number of furan rings is 1. The molecule has 3 aromatic rings. The van der Waals surface area contributed by atoms with E-state index < -0.39 is 0 Å². The monoisotopic (exact) mass is 288 g/mol. The van der Waals surface area contributed by atoms with Crippen LogP contribution in [0.4, 0.5) is 5.69 Å². The highest BCUT2D eigenvalue weighted by molar-refractivity contribution is 7.21. The number of nitrogens with two attached hydrogens (primary N) is 1. The van der Waals surface area contributed by atoms with Crippen molar-refractivity contribution >= 4 is 33.1 Å². The van der Waals surface area contributed by atoms with Gasteiger partial charge in [-0.3, -0.25) is 4.79 Å². The summed E-state index contributed by atoms with van der Waals surface area (Å²) in [6.45, 7) is 2.18. The second-order valence-electron chi connectivity index (χ2n) is 4.29. The average molecular weight is 288 g/mol. The van der Waals surface area contributed by atoms with E-state index in [2.05, 4.69) is 15.5 Å². The molecule has 3 rings (SSSR count). The molecule has 0 spiro atoms. The molecule has 0 saturated carbocycles. The van der Waals surface area contributed by atoms with Crippen LogP contribution >= 0.6 is 11.3 Å². The van der Waals surface area contributed by atoms with Crippen LogP contribution in [0.1, 0.15) is 21.2 Å². The maximum absolute atomic E-state index is 12.1. The predicted molar refractivity (Wildman–Crippen MR) is 76.4 cm³/mol. The van der Waals surface area contributed by atoms with Crippen LogP contribution < -0.4 is 11.1 Å². The zero-order chi connectivity index (χ0) is 14.1. The zero-order valence-electron chi connectivity index (χ0n) is 10.7. The van der Waals surface area contributed by atoms with Crippen LogP contribution in [0.5, 0.6) is 0 Å². The zero-order valence-corrected chi connectivity index (χ0v) is 11.5. The highest BCUT2D eigenvalue weighted by Gasteiger charge is 2.17. The lowest BCUT2D eigenvalue weighted by Crippen LogP contribution is -2.22. The molecule has 0 aromatic carbocycles. The number of aromatic nitrogens is 2. The van der Waals surface area contributed by atoms with Gasteiger partial charge in [-0.25, -0.2) is 0 Å². The first kappa shape index (κ1) is 12.6. The molecule has 0 aliphatic rings. The van der Waals surface area contributed by atoms with Crippen molar-refractivity contribution in [2.45, 2.75) is 13.5 Å². The van der Waals surface area contributed by atoms with Crippen molar-refractivity contribution in [3.63, 3.8) is 0 Å². The van der Waals surface area contributed by atoms with Crippen LogP contribution in [0.25, 0.3) is 10.2 Å². The third-order valence-corrected chi connectivity index (χ3v) is 3.95. The Morgan fingerprint density at radius 2 is 2.30 bits per heavy atom. The SMILES string of the molecule is Cc1ccc(CNC(=O)c2sc3nnccc3c2N)o1. The molecular weight excluding hydrogens is 276 g/mol. The van der Waals surface area contributed by atoms with Gasteiger partial charge in [-0.1, -0.05) is 0 Å². The van der Waals surface area contributed by atoms with Gasteiger partial charge in [0.15, 0.2) is 0 Å². The average Bonchev–Trinajstić information content (AvgIpc) is 3.01. The van der Waals surface area contributed by atoms with E-state index in [4.69, 9.17) is 10.2 Å². The highest BCUT2D eigenvalue weighted by Crippen LogP contribution is 2.31. The highest BCUT2D eigenvalue weighted by atomic mass is 32.1. The first-order chi connectivity index (χ1) is 9.65. The van der Waals surface area contributed by atoms with Crippen molar-refractivity contribution < 1.29 is 9.21 Å². The van der Waals surface area contributed by atoms with Crippen molar-refractivity contribution in [1.29, 1.82) is 0 Å². The second-order valence-corrected chi connectivity index (χ2v) is 5.29. The number of hydrogen-bond acceptors (Lipinski definition) is 6. The number of nitrogen functional groups attached to an aromatic ring is 1. The van der Waals surface area contributed by atoms with Gasteiger partial charge in [0.25, 0.3) is 5.91 Å². The fourth-order valence-electron chi connectivity index (χ4n) is 1.87. The van der Waals surface area contributed by atoms with Crippen molar-refractivity contribution in [3.05, 3.63) is 40.8 Å². The van der Waals surface area contributed by atoms with Gasteiger partial charge in [-0.2, -0.15) is 5.10 Å². The summed E-state index contributed by atoms with van der Waals surface area (Å²) < 4.78 is 5.39. The number of fused-ring (bicyclic) bond motifs is 1. The van der Waals surface area contributed by atoms with Crippen LogP contribution in [0.15, 0.2) is 28.8 Å². The van der Waals surface area contributed by atoms with E-state index in [-0.39, 0.29) is 5.91 Å². The summed E-state index contributed by atoms with van der Waals surface area (Å²) in [7, 11) is 0. The predicted octanol–water partition coefficient (Wildman–Crippen LogP) is 2.10. The number of thiophene rings is 1. The van der Waals surface area contributed by atoms with Gasteiger partial charge in [0, 0.05) is 5.39 Å². The van der Waals surface area contributed by atoms with Crippen LogP contribution in [-0.4, -0.2) is 16.1 Å². The van der Waals surface area contributed by atoms with Gasteiger partial charge in [0.05, 0.1) is 18.4 Å². The van der Waals surface area contributed by atoms with Gasteiger partial charge in [0.1, 0.15) is 21.2 Å². The van der Waals surface area contributed by atoms with Crippen molar-refractivity contribution in [3.8, 4) is 0 Å². The van der Waals surface area contributed by atoms with Gasteiger partial charge in [-0.15, -0.1) is 16.4 Å². The lowest BCUT2D eigenvalue weighted by atomic mass is 10.3. The number of carbonyl (C=O) groups excluding carboxylic acids is 1. The summed E-state index contributed by atoms with van der Waals surface area (Å²) in [5.41, 5.74) is 6.41. The first-order valence-corrected chi connectivity index (χ1v) is 6.80. The molecule has 0 bridgehead atoms. The van der Waals surface area contributed by atoms with Crippen LogP contribution in [0.2, 0.25) is 0 Å². The third-order valence-electron chi connectivity index (χ3n) is 2.85. The molecule has 3 N–H and O–H groups in total. The minimum Gasteiger partial charge on any atom is -0.465 e. The van der Waals surface area contributed by atoms with Gasteiger partial charge >= 0.3 is 0 Å². The van der Waals surface area contributed by atoms with Crippen molar-refractivity contribution in [2.75, 3.05) is 5.73 Å². The number of amides is 1. The lowest BCUT2D eigenvalue weighted by Gasteiger charge is -2.02. The molecule has 1 amide bonds. The second kappa shape index (κ2) is 4.93. The molecule has 3 aromatic heterocycles. The fourth-order valence-corrected chi connectivity index (χ4v) is 2.82. The Labute approximate surface area is 118 Å². The Bertz CT molecular complexity index is 778. The number of hydrogen-bond donors (Lipinski definition) is 2. The van der Waals surface area contributed by atoms with Crippen LogP contribution in [0.3, 0.4) is 0 Å². The molecule has 102 valence electrons. The maximum Gasteiger partial charge on any atom is 0.263 e. The molecular formula is C13H12N4O2S. The van der Waals surface area contributed by atoms with E-state index in [1.54, 1.807) is 12.3 Å². The fraction of sp³-hybridized carbons (Fsp3) is 0.154. The van der Waals surface area contributed by atoms with Gasteiger partial charge in [-0.05, 0) is 25.1 Å². The number of rotatable bonds is 3. The number of nitrogens with zero attached hydrogens (tertiary/aromatic N) is 2. The Hall–Kier alpha value is -2.41. The molecule has 3 heterocycles. The minimum absolute atomic E-state index is 0.237. The molecule has 0 saturated heterocycles. The topological polar surface area (TPSA) is 94.0 Å². The summed E-state index contributed by atoms with van der Waals surface area (Å²) in [5.74, 6) is 1.28. The maximum atomic E-state index is 12.1. The van der Waals surface area contributed by atoms with E-state index in [9.17, 15) is 4.79 Å². The normalized spacial score (nSPS) is 10.8. The van der Waals surface area contributed by atoms with Crippen molar-refractivity contribution in [2.24, 2.45) is 0 Å². The summed E-state index contributed by atoms with van der Waals surface area (Å²) in [6, 6.07) is 5.43. The summed E-state index contributed by atoms with van der Waals surface area (Å²) in [4.78, 5) is 13.2. The van der Waals surface area contributed by atoms with Gasteiger partial charge < -0.3 is 15.5 Å². The number of anilines is 1. The molecule has 20 heavy (non-hydrogen) atoms. The first-order valence-electron chi connectivity index (χ1n) is 5.98. The smallest absolute Gasteiger partial charge is 0.263 e. The Morgan fingerprint density at radius 3 is 3.00 bits per heavy atom. The quantitative estimate of drug-likeness (QED) is 0.769. The number of nitrogens with one attached hydrogen (secondary N) is 1. The third kappa shape index (κ3) is 2.23. The van der Waals surface area contributed by atoms with E-state index in [0.29, 0.717) is 27.7 Å². The molecule has 7 heteroatoms. The standard InChI is InChI=1S/C13H12N4O2S/c1-7-2-3-8(19-7)6-15-12(18)11-10(14)9-4-5-16-17-13(9)20-11/h2-5H,6,14H2,1H3,(H,15,18). The lowest BCUT2D eigenvalue weighted by molar-refractivity contribution is 0.0953. The van der Waals surface area contributed by atoms with E-state index in [1.165, 1.54) is 11.3 Å². The molecule has 0 unspecified atom stereocenters. The molecule has 0 atom stereocenters. The molecule has 6 nitrogen and oxygen atoms in total. The van der Waals surface area contributed by atoms with E-state index in [0.717, 1.165) is 11.1 Å². The summed E-state index contributed by atoms with van der Waals surface area (Å²) in [5, 5.41) is 11.3. The van der Waals surface area contributed by atoms with Crippen LogP contribution in [-0.2, 0) is 6.54 Å². The largest absolute Gasteiger partial charge is 0.465 e. The Balaban J connectivity index is 1.80. The summed E-state index contributed by atoms with van der Waals surface area (Å²) >= 11 is 1.23. The summed E-state index contributed by atoms with van der Waals surface area (Å²) in [6.07, 6.45) is 1.55. The van der Waals surface area contributed by atoms with E-state index >= 15 is 0 Å². The Kier molecular flexibility index (Phi) is 3.11.